The van der Waals surface area contributed by atoms with Gasteiger partial charge in [-0.05, 0) is 44.5 Å². The molecule has 2 aliphatic rings. The number of likely N-dealkylation sites (tertiary alicyclic amines) is 2. The Labute approximate surface area is 132 Å². The Bertz CT molecular complexity index is 551. The molecule has 0 aromatic heterocycles. The van der Waals surface area contributed by atoms with Crippen molar-refractivity contribution in [3.8, 4) is 0 Å². The van der Waals surface area contributed by atoms with Crippen LogP contribution >= 0.6 is 0 Å². The van der Waals surface area contributed by atoms with Crippen molar-refractivity contribution in [2.24, 2.45) is 0 Å². The number of rotatable bonds is 4. The summed E-state index contributed by atoms with van der Waals surface area (Å²) in [5.41, 5.74) is 0.319. The average Bonchev–Trinajstić information content (AvgIpc) is 2.80. The molecular formula is C18H24N2O2. The Balaban J connectivity index is 1.84. The minimum absolute atomic E-state index is 0.0410. The van der Waals surface area contributed by atoms with E-state index in [1.807, 2.05) is 30.3 Å². The lowest BCUT2D eigenvalue weighted by molar-refractivity contribution is -0.138. The number of amides is 2. The van der Waals surface area contributed by atoms with Gasteiger partial charge < -0.3 is 4.90 Å². The van der Waals surface area contributed by atoms with Gasteiger partial charge in [-0.3, -0.25) is 14.5 Å². The summed E-state index contributed by atoms with van der Waals surface area (Å²) in [5.74, 6) is -0.104. The summed E-state index contributed by atoms with van der Waals surface area (Å²) in [5, 5.41) is 0. The van der Waals surface area contributed by atoms with Crippen LogP contribution in [0.25, 0.3) is 0 Å². The second-order valence-corrected chi connectivity index (χ2v) is 6.54. The molecule has 2 fully saturated rings. The third-order valence-electron chi connectivity index (χ3n) is 5.17. The minimum atomic E-state index is -0.662. The van der Waals surface area contributed by atoms with E-state index in [9.17, 15) is 9.59 Å². The van der Waals surface area contributed by atoms with Crippen LogP contribution in [0, 0.1) is 0 Å². The summed E-state index contributed by atoms with van der Waals surface area (Å²) >= 11 is 0. The summed E-state index contributed by atoms with van der Waals surface area (Å²) < 4.78 is 0. The molecule has 0 saturated carbocycles. The second kappa shape index (κ2) is 6.21. The van der Waals surface area contributed by atoms with Gasteiger partial charge in [0.2, 0.25) is 11.8 Å². The molecule has 0 N–H and O–H groups in total. The van der Waals surface area contributed by atoms with Gasteiger partial charge in [-0.1, -0.05) is 36.8 Å². The monoisotopic (exact) mass is 300 g/mol. The maximum Gasteiger partial charge on any atom is 0.240 e. The molecule has 1 aromatic rings. The maximum absolute atomic E-state index is 12.8. The predicted octanol–water partition coefficient (Wildman–Crippen LogP) is 2.19. The standard InChI is InChI=1S/C18H24N2O2/c1-19-16(21)14-18(17(19)22,15-8-4-2-5-9-15)10-13-20-11-6-3-7-12-20/h2,4-5,8-9H,3,6-7,10-14H2,1H3. The van der Waals surface area contributed by atoms with E-state index in [1.54, 1.807) is 7.05 Å². The molecule has 0 aliphatic carbocycles. The van der Waals surface area contributed by atoms with Crippen LogP contribution in [-0.4, -0.2) is 48.3 Å². The van der Waals surface area contributed by atoms with Gasteiger partial charge in [0.1, 0.15) is 0 Å². The summed E-state index contributed by atoms with van der Waals surface area (Å²) in [7, 11) is 1.61. The molecule has 4 heteroatoms. The summed E-state index contributed by atoms with van der Waals surface area (Å²) in [6, 6.07) is 9.83. The van der Waals surface area contributed by atoms with Gasteiger partial charge in [0.25, 0.3) is 0 Å². The molecule has 22 heavy (non-hydrogen) atoms. The zero-order valence-electron chi connectivity index (χ0n) is 13.3. The molecule has 4 nitrogen and oxygen atoms in total. The number of hydrogen-bond donors (Lipinski definition) is 0. The van der Waals surface area contributed by atoms with Gasteiger partial charge in [0.15, 0.2) is 0 Å². The van der Waals surface area contributed by atoms with E-state index < -0.39 is 5.41 Å². The molecule has 2 saturated heterocycles. The lowest BCUT2D eigenvalue weighted by atomic mass is 9.76. The molecule has 0 spiro atoms. The Morgan fingerprint density at radius 1 is 1.05 bits per heavy atom. The largest absolute Gasteiger partial charge is 0.303 e. The molecule has 2 aliphatic heterocycles. The van der Waals surface area contributed by atoms with Crippen molar-refractivity contribution in [1.29, 1.82) is 0 Å². The van der Waals surface area contributed by atoms with Crippen molar-refractivity contribution in [2.75, 3.05) is 26.7 Å². The van der Waals surface area contributed by atoms with Gasteiger partial charge in [-0.25, -0.2) is 0 Å². The first-order valence-electron chi connectivity index (χ1n) is 8.22. The first-order valence-corrected chi connectivity index (χ1v) is 8.22. The maximum atomic E-state index is 12.8. The summed E-state index contributed by atoms with van der Waals surface area (Å²) in [6.07, 6.45) is 4.82. The van der Waals surface area contributed by atoms with E-state index in [4.69, 9.17) is 0 Å². The van der Waals surface area contributed by atoms with E-state index in [0.717, 1.165) is 31.6 Å². The molecule has 3 rings (SSSR count). The third-order valence-corrected chi connectivity index (χ3v) is 5.17. The van der Waals surface area contributed by atoms with Crippen LogP contribution in [0.3, 0.4) is 0 Å². The SMILES string of the molecule is CN1C(=O)CC(CCN2CCCCC2)(c2ccccc2)C1=O. The van der Waals surface area contributed by atoms with E-state index in [1.165, 1.54) is 24.2 Å². The lowest BCUT2D eigenvalue weighted by Crippen LogP contribution is -2.41. The van der Waals surface area contributed by atoms with Crippen LogP contribution in [0.15, 0.2) is 30.3 Å². The van der Waals surface area contributed by atoms with E-state index in [2.05, 4.69) is 4.90 Å². The highest BCUT2D eigenvalue weighted by atomic mass is 16.2. The van der Waals surface area contributed by atoms with Crippen molar-refractivity contribution in [3.05, 3.63) is 35.9 Å². The first-order chi connectivity index (χ1) is 10.6. The molecular weight excluding hydrogens is 276 g/mol. The molecule has 2 amide bonds. The number of hydrogen-bond acceptors (Lipinski definition) is 3. The van der Waals surface area contributed by atoms with Crippen LogP contribution in [0.4, 0.5) is 0 Å². The number of piperidine rings is 1. The third kappa shape index (κ3) is 2.68. The quantitative estimate of drug-likeness (QED) is 0.800. The molecule has 1 unspecified atom stereocenters. The zero-order chi connectivity index (χ0) is 15.6. The molecule has 0 bridgehead atoms. The summed E-state index contributed by atoms with van der Waals surface area (Å²) in [6.45, 7) is 3.12. The Kier molecular flexibility index (Phi) is 4.30. The molecule has 1 aromatic carbocycles. The highest BCUT2D eigenvalue weighted by Gasteiger charge is 2.50. The number of imide groups is 1. The van der Waals surface area contributed by atoms with Gasteiger partial charge in [-0.2, -0.15) is 0 Å². The van der Waals surface area contributed by atoms with Crippen molar-refractivity contribution >= 4 is 11.8 Å². The van der Waals surface area contributed by atoms with E-state index >= 15 is 0 Å². The van der Waals surface area contributed by atoms with Crippen molar-refractivity contribution in [1.82, 2.24) is 9.80 Å². The fraction of sp³-hybridized carbons (Fsp3) is 0.556. The number of benzene rings is 1. The average molecular weight is 300 g/mol. The highest BCUT2D eigenvalue weighted by Crippen LogP contribution is 2.39. The smallest absolute Gasteiger partial charge is 0.240 e. The number of carbonyl (C=O) groups excluding carboxylic acids is 2. The van der Waals surface area contributed by atoms with Crippen molar-refractivity contribution in [2.45, 2.75) is 37.5 Å². The Morgan fingerprint density at radius 2 is 1.73 bits per heavy atom. The molecule has 2 heterocycles. The topological polar surface area (TPSA) is 40.6 Å². The van der Waals surface area contributed by atoms with Gasteiger partial charge >= 0.3 is 0 Å². The van der Waals surface area contributed by atoms with Gasteiger partial charge in [0, 0.05) is 13.5 Å². The fourth-order valence-electron chi connectivity index (χ4n) is 3.74. The Hall–Kier alpha value is -1.68. The van der Waals surface area contributed by atoms with Crippen LogP contribution in [-0.2, 0) is 15.0 Å². The number of carbonyl (C=O) groups is 2. The summed E-state index contributed by atoms with van der Waals surface area (Å²) in [4.78, 5) is 28.7. The van der Waals surface area contributed by atoms with Crippen molar-refractivity contribution < 1.29 is 9.59 Å². The second-order valence-electron chi connectivity index (χ2n) is 6.54. The van der Waals surface area contributed by atoms with Gasteiger partial charge in [0.05, 0.1) is 5.41 Å². The van der Waals surface area contributed by atoms with Crippen LogP contribution in [0.2, 0.25) is 0 Å². The van der Waals surface area contributed by atoms with E-state index in [-0.39, 0.29) is 11.8 Å². The molecule has 0 radical (unpaired) electrons. The number of nitrogens with zero attached hydrogens (tertiary/aromatic N) is 2. The zero-order valence-corrected chi connectivity index (χ0v) is 13.3. The van der Waals surface area contributed by atoms with Crippen molar-refractivity contribution in [3.63, 3.8) is 0 Å². The lowest BCUT2D eigenvalue weighted by Gasteiger charge is -2.32. The highest BCUT2D eigenvalue weighted by molar-refractivity contribution is 6.08. The molecule has 1 atom stereocenters. The fourth-order valence-corrected chi connectivity index (χ4v) is 3.74. The predicted molar refractivity (Wildman–Crippen MR) is 85.4 cm³/mol. The molecule has 118 valence electrons. The number of likely N-dealkylation sites (N-methyl/N-ethyl adjacent to an activating group) is 1. The normalized spacial score (nSPS) is 26.7. The van der Waals surface area contributed by atoms with E-state index in [0.29, 0.717) is 6.42 Å². The van der Waals surface area contributed by atoms with Crippen LogP contribution < -0.4 is 0 Å². The minimum Gasteiger partial charge on any atom is -0.303 e. The Morgan fingerprint density at radius 3 is 2.32 bits per heavy atom. The first kappa shape index (κ1) is 15.2. The van der Waals surface area contributed by atoms with Gasteiger partial charge in [-0.15, -0.1) is 0 Å². The van der Waals surface area contributed by atoms with Crippen LogP contribution in [0.5, 0.6) is 0 Å². The van der Waals surface area contributed by atoms with Crippen LogP contribution in [0.1, 0.15) is 37.7 Å².